The first-order chi connectivity index (χ1) is 22.4. The number of benzene rings is 3. The van der Waals surface area contributed by atoms with E-state index in [-0.39, 0.29) is 24.1 Å². The van der Waals surface area contributed by atoms with E-state index in [2.05, 4.69) is 39.8 Å². The second kappa shape index (κ2) is 16.4. The van der Waals surface area contributed by atoms with Crippen molar-refractivity contribution in [1.29, 1.82) is 0 Å². The fraction of sp³-hybridized carbons (Fsp3) is 0.474. The molecule has 4 amide bonds. The van der Waals surface area contributed by atoms with Crippen molar-refractivity contribution in [3.05, 3.63) is 83.9 Å². The number of carbonyl (C=O) groups is 2. The van der Waals surface area contributed by atoms with Crippen LogP contribution in [0, 0.1) is 0 Å². The number of nitrogens with zero attached hydrogens (tertiary/aromatic N) is 3. The number of urea groups is 2. The number of amides is 4. The van der Waals surface area contributed by atoms with Crippen LogP contribution in [0.2, 0.25) is 0 Å². The van der Waals surface area contributed by atoms with Gasteiger partial charge in [-0.05, 0) is 85.3 Å². The molecule has 0 spiro atoms. The van der Waals surface area contributed by atoms with Gasteiger partial charge in [-0.3, -0.25) is 0 Å². The Hall–Kier alpha value is -4.20. The molecule has 8 nitrogen and oxygen atoms in total. The number of rotatable bonds is 9. The molecule has 246 valence electrons. The van der Waals surface area contributed by atoms with E-state index >= 15 is 0 Å². The Morgan fingerprint density at radius 2 is 1.04 bits per heavy atom. The summed E-state index contributed by atoms with van der Waals surface area (Å²) < 4.78 is 0. The maximum Gasteiger partial charge on any atom is 0.322 e. The molecule has 0 radical (unpaired) electrons. The summed E-state index contributed by atoms with van der Waals surface area (Å²) in [5, 5.41) is 6.30. The van der Waals surface area contributed by atoms with Crippen LogP contribution in [0.3, 0.4) is 0 Å². The quantitative estimate of drug-likeness (QED) is 0.164. The largest absolute Gasteiger partial charge is 0.399 e. The topological polar surface area (TPSA) is 93.9 Å². The third-order valence-electron chi connectivity index (χ3n) is 9.55. The molecule has 2 fully saturated rings. The van der Waals surface area contributed by atoms with Gasteiger partial charge < -0.3 is 31.1 Å². The van der Waals surface area contributed by atoms with Gasteiger partial charge in [0.05, 0.1) is 0 Å². The van der Waals surface area contributed by atoms with E-state index < -0.39 is 0 Å². The summed E-state index contributed by atoms with van der Waals surface area (Å²) in [6, 6.07) is 24.0. The average molecular weight is 625 g/mol. The molecular weight excluding hydrogens is 572 g/mol. The second-order valence-electron chi connectivity index (χ2n) is 13.3. The zero-order valence-electron chi connectivity index (χ0n) is 27.7. The number of hydrogen-bond donors (Lipinski definition) is 3. The van der Waals surface area contributed by atoms with Gasteiger partial charge in [0.2, 0.25) is 0 Å². The normalized spacial score (nSPS) is 16.1. The lowest BCUT2D eigenvalue weighted by molar-refractivity contribution is 0.174. The van der Waals surface area contributed by atoms with Crippen LogP contribution in [0.4, 0.5) is 32.3 Å². The molecule has 46 heavy (non-hydrogen) atoms. The Labute approximate surface area is 275 Å². The molecule has 3 aromatic rings. The number of hydrogen-bond acceptors (Lipinski definition) is 4. The van der Waals surface area contributed by atoms with Gasteiger partial charge in [-0.1, -0.05) is 75.6 Å². The van der Waals surface area contributed by atoms with Crippen molar-refractivity contribution in [3.8, 4) is 0 Å². The molecule has 0 bridgehead atoms. The molecule has 4 N–H and O–H groups in total. The molecule has 0 aromatic heterocycles. The Morgan fingerprint density at radius 3 is 1.46 bits per heavy atom. The van der Waals surface area contributed by atoms with Crippen molar-refractivity contribution in [2.45, 2.75) is 102 Å². The molecule has 2 aliphatic carbocycles. The molecule has 5 rings (SSSR count). The van der Waals surface area contributed by atoms with Crippen LogP contribution in [-0.4, -0.2) is 48.0 Å². The fourth-order valence-corrected chi connectivity index (χ4v) is 6.89. The van der Waals surface area contributed by atoms with Crippen molar-refractivity contribution < 1.29 is 9.59 Å². The summed E-state index contributed by atoms with van der Waals surface area (Å²) in [6.07, 6.45) is 13.5. The maximum absolute atomic E-state index is 13.9. The third kappa shape index (κ3) is 9.41. The average Bonchev–Trinajstić information content (AvgIpc) is 3.50. The molecule has 0 aliphatic heterocycles. The first-order valence-corrected chi connectivity index (χ1v) is 17.2. The molecule has 2 saturated carbocycles. The predicted octanol–water partition coefficient (Wildman–Crippen LogP) is 8.85. The Kier molecular flexibility index (Phi) is 11.8. The van der Waals surface area contributed by atoms with Crippen LogP contribution in [0.5, 0.6) is 0 Å². The standard InChI is InChI=1S/C38H52N6O2/c1-42(2)34-24-22-33(23-25-34)41-38(46)44(36-16-9-5-6-10-17-36)28-30-13-11-12-29(26-30)27-43(35-14-7-3-4-8-15-35)37(45)40-32-20-18-31(39)19-21-32/h11-13,18-26,35-36H,3-10,14-17,27-28,39H2,1-2H3,(H,40,45)(H,41,46). The van der Waals surface area contributed by atoms with E-state index in [1.54, 1.807) is 0 Å². The van der Waals surface area contributed by atoms with E-state index in [1.807, 2.05) is 72.4 Å². The van der Waals surface area contributed by atoms with Crippen molar-refractivity contribution in [2.24, 2.45) is 0 Å². The molecule has 3 aromatic carbocycles. The third-order valence-corrected chi connectivity index (χ3v) is 9.55. The van der Waals surface area contributed by atoms with E-state index in [0.29, 0.717) is 18.8 Å². The van der Waals surface area contributed by atoms with Crippen molar-refractivity contribution >= 4 is 34.8 Å². The summed E-state index contributed by atoms with van der Waals surface area (Å²) in [5.74, 6) is 0. The number of nitrogens with two attached hydrogens (primary N) is 1. The predicted molar refractivity (Wildman–Crippen MR) is 190 cm³/mol. The molecule has 2 aliphatic rings. The van der Waals surface area contributed by atoms with E-state index in [1.165, 1.54) is 25.7 Å². The van der Waals surface area contributed by atoms with Crippen LogP contribution < -0.4 is 21.3 Å². The van der Waals surface area contributed by atoms with Crippen molar-refractivity contribution in [3.63, 3.8) is 0 Å². The van der Waals surface area contributed by atoms with Crippen LogP contribution in [0.1, 0.15) is 88.2 Å². The number of nitrogen functional groups attached to an aromatic ring is 1. The highest BCUT2D eigenvalue weighted by Crippen LogP contribution is 2.27. The van der Waals surface area contributed by atoms with Crippen LogP contribution in [0.15, 0.2) is 72.8 Å². The van der Waals surface area contributed by atoms with E-state index in [9.17, 15) is 9.59 Å². The molecule has 0 saturated heterocycles. The number of anilines is 4. The summed E-state index contributed by atoms with van der Waals surface area (Å²) in [6.45, 7) is 1.05. The van der Waals surface area contributed by atoms with Gasteiger partial charge in [0.25, 0.3) is 0 Å². The minimum absolute atomic E-state index is 0.0575. The van der Waals surface area contributed by atoms with Crippen LogP contribution in [0.25, 0.3) is 0 Å². The second-order valence-corrected chi connectivity index (χ2v) is 13.3. The minimum Gasteiger partial charge on any atom is -0.399 e. The lowest BCUT2D eigenvalue weighted by Crippen LogP contribution is -2.42. The minimum atomic E-state index is -0.0816. The molecule has 0 heterocycles. The summed E-state index contributed by atoms with van der Waals surface area (Å²) in [4.78, 5) is 33.7. The van der Waals surface area contributed by atoms with Gasteiger partial charge >= 0.3 is 12.1 Å². The lowest BCUT2D eigenvalue weighted by atomic mass is 10.0. The summed E-state index contributed by atoms with van der Waals surface area (Å²) >= 11 is 0. The maximum atomic E-state index is 13.9. The number of carbonyl (C=O) groups excluding carboxylic acids is 2. The summed E-state index contributed by atoms with van der Waals surface area (Å²) in [5.41, 5.74) is 11.3. The fourth-order valence-electron chi connectivity index (χ4n) is 6.89. The SMILES string of the molecule is CN(C)c1ccc(NC(=O)N(Cc2cccc(CN(C(=O)Nc3ccc(N)cc3)C3CCCCCC3)c2)C2CCCCCC2)cc1. The van der Waals surface area contributed by atoms with Crippen molar-refractivity contribution in [1.82, 2.24) is 9.80 Å². The van der Waals surface area contributed by atoms with Gasteiger partial charge in [-0.25, -0.2) is 9.59 Å². The van der Waals surface area contributed by atoms with Gasteiger partial charge in [0.1, 0.15) is 0 Å². The lowest BCUT2D eigenvalue weighted by Gasteiger charge is -2.33. The highest BCUT2D eigenvalue weighted by molar-refractivity contribution is 5.90. The first kappa shape index (κ1) is 33.2. The van der Waals surface area contributed by atoms with Gasteiger partial charge in [0.15, 0.2) is 0 Å². The van der Waals surface area contributed by atoms with Gasteiger partial charge in [0, 0.05) is 62.0 Å². The van der Waals surface area contributed by atoms with Crippen molar-refractivity contribution in [2.75, 3.05) is 35.4 Å². The van der Waals surface area contributed by atoms with E-state index in [0.717, 1.165) is 79.6 Å². The first-order valence-electron chi connectivity index (χ1n) is 17.2. The Balaban J connectivity index is 1.34. The monoisotopic (exact) mass is 624 g/mol. The number of nitrogens with one attached hydrogen (secondary N) is 2. The summed E-state index contributed by atoms with van der Waals surface area (Å²) in [7, 11) is 4.02. The van der Waals surface area contributed by atoms with Crippen LogP contribution in [-0.2, 0) is 13.1 Å². The Bertz CT molecular complexity index is 1390. The molecule has 0 atom stereocenters. The Morgan fingerprint density at radius 1 is 0.630 bits per heavy atom. The molecule has 8 heteroatoms. The van der Waals surface area contributed by atoms with Gasteiger partial charge in [-0.2, -0.15) is 0 Å². The zero-order chi connectivity index (χ0) is 32.3. The smallest absolute Gasteiger partial charge is 0.322 e. The highest BCUT2D eigenvalue weighted by atomic mass is 16.2. The molecular formula is C38H52N6O2. The van der Waals surface area contributed by atoms with Crippen LogP contribution >= 0.6 is 0 Å². The zero-order valence-corrected chi connectivity index (χ0v) is 27.7. The van der Waals surface area contributed by atoms with E-state index in [4.69, 9.17) is 5.73 Å². The van der Waals surface area contributed by atoms with Gasteiger partial charge in [-0.15, -0.1) is 0 Å². The highest BCUT2D eigenvalue weighted by Gasteiger charge is 2.27. The molecule has 0 unspecified atom stereocenters.